The second kappa shape index (κ2) is 17.3. The highest BCUT2D eigenvalue weighted by Crippen LogP contribution is 2.22. The van der Waals surface area contributed by atoms with E-state index in [1.165, 1.54) is 12.7 Å². The highest BCUT2D eigenvalue weighted by atomic mass is 16.6. The third-order valence-corrected chi connectivity index (χ3v) is 4.62. The van der Waals surface area contributed by atoms with Gasteiger partial charge in [0, 0.05) is 13.2 Å². The molecule has 0 aliphatic rings. The molecule has 1 aromatic rings. The number of aliphatic hydroxyl groups excluding tert-OH is 1. The maximum atomic E-state index is 11.1. The molecule has 0 saturated heterocycles. The highest BCUT2D eigenvalue weighted by molar-refractivity contribution is 5.69. The Morgan fingerprint density at radius 1 is 1.06 bits per heavy atom. The minimum atomic E-state index is -0.725. The summed E-state index contributed by atoms with van der Waals surface area (Å²) in [6, 6.07) is 10.2. The molecule has 0 radical (unpaired) electrons. The average molecular weight is 484 g/mol. The van der Waals surface area contributed by atoms with Crippen molar-refractivity contribution < 1.29 is 33.6 Å². The molecule has 34 heavy (non-hydrogen) atoms. The van der Waals surface area contributed by atoms with Gasteiger partial charge in [0.1, 0.15) is 5.60 Å². The molecular weight excluding hydrogens is 438 g/mol. The molecule has 0 aliphatic carbocycles. The Bertz CT molecular complexity index is 671. The lowest BCUT2D eigenvalue weighted by molar-refractivity contribution is -0.141. The van der Waals surface area contributed by atoms with Crippen molar-refractivity contribution in [2.45, 2.75) is 78.6 Å². The number of hydrogen-bond donors (Lipinski definition) is 2. The molecule has 0 saturated carbocycles. The zero-order valence-electron chi connectivity index (χ0n) is 21.9. The first-order valence-corrected chi connectivity index (χ1v) is 11.8. The summed E-state index contributed by atoms with van der Waals surface area (Å²) in [4.78, 5) is 21.2. The molecule has 3 N–H and O–H groups in total. The van der Waals surface area contributed by atoms with Crippen molar-refractivity contribution in [3.8, 4) is 0 Å². The lowest BCUT2D eigenvalue weighted by Crippen LogP contribution is -2.37. The molecular formula is C26H45NO7. The molecule has 0 aliphatic heterocycles. The number of carbonyl (C=O) groups is 2. The number of methoxy groups -OCH3 is 1. The van der Waals surface area contributed by atoms with Crippen LogP contribution in [0.3, 0.4) is 0 Å². The van der Waals surface area contributed by atoms with E-state index in [4.69, 9.17) is 15.2 Å². The van der Waals surface area contributed by atoms with Crippen LogP contribution in [0.15, 0.2) is 30.3 Å². The van der Waals surface area contributed by atoms with Crippen LogP contribution in [0.1, 0.15) is 59.9 Å². The van der Waals surface area contributed by atoms with Gasteiger partial charge < -0.3 is 29.8 Å². The van der Waals surface area contributed by atoms with Crippen molar-refractivity contribution in [1.82, 2.24) is 0 Å². The lowest BCUT2D eigenvalue weighted by atomic mass is 9.88. The predicted molar refractivity (Wildman–Crippen MR) is 132 cm³/mol. The molecule has 1 rings (SSSR count). The minimum Gasteiger partial charge on any atom is -0.469 e. The number of benzene rings is 1. The topological polar surface area (TPSA) is 117 Å². The molecule has 0 heterocycles. The predicted octanol–water partition coefficient (Wildman–Crippen LogP) is 4.12. The van der Waals surface area contributed by atoms with E-state index >= 15 is 0 Å². The van der Waals surface area contributed by atoms with Gasteiger partial charge in [0.15, 0.2) is 0 Å². The molecule has 2 unspecified atom stereocenters. The summed E-state index contributed by atoms with van der Waals surface area (Å²) in [5.74, 6) is 0.271. The fraction of sp³-hybridized carbons (Fsp3) is 0.692. The van der Waals surface area contributed by atoms with Gasteiger partial charge in [-0.15, -0.1) is 0 Å². The van der Waals surface area contributed by atoms with Crippen LogP contribution in [0, 0.1) is 11.8 Å². The molecule has 3 atom stereocenters. The van der Waals surface area contributed by atoms with E-state index in [1.807, 2.05) is 18.2 Å². The average Bonchev–Trinajstić information content (AvgIpc) is 2.72. The molecule has 0 aromatic heterocycles. The van der Waals surface area contributed by atoms with Crippen molar-refractivity contribution >= 4 is 12.1 Å². The Labute approximate surface area is 205 Å². The van der Waals surface area contributed by atoms with Gasteiger partial charge in [0.2, 0.25) is 0 Å². The van der Waals surface area contributed by atoms with Crippen LogP contribution in [-0.2, 0) is 30.2 Å². The third-order valence-electron chi connectivity index (χ3n) is 4.62. The summed E-state index contributed by atoms with van der Waals surface area (Å²) in [6.07, 6.45) is 0.291. The summed E-state index contributed by atoms with van der Waals surface area (Å²) in [7, 11) is 1.37. The number of ether oxygens (including phenoxy) is 4. The van der Waals surface area contributed by atoms with Crippen molar-refractivity contribution in [1.29, 1.82) is 0 Å². The Morgan fingerprint density at radius 2 is 1.68 bits per heavy atom. The smallest absolute Gasteiger partial charge is 0.405 e. The second-order valence-corrected chi connectivity index (χ2v) is 9.64. The number of primary amides is 1. The SMILES string of the molecule is CC(C)(C)OC(N)=O.COC(=O)CCOCCC(Cc1ccccc1)[C@@H](OCC(C)C)C(C)O. The minimum absolute atomic E-state index is 0.134. The standard InChI is InChI=1S/C21H34O5.C5H11NO2/c1-16(2)15-26-21(17(3)22)19(14-18-8-6-5-7-9-18)10-12-25-13-11-20(23)24-4;1-5(2,3)8-4(6)7/h5-9,16-17,19,21-22H,10-15H2,1-4H3;1-3H3,(H2,6,7)/t17?,19?,21-;/m0./s1. The van der Waals surface area contributed by atoms with Crippen LogP contribution < -0.4 is 5.73 Å². The molecule has 8 heteroatoms. The molecule has 196 valence electrons. The molecule has 0 bridgehead atoms. The van der Waals surface area contributed by atoms with Gasteiger partial charge >= 0.3 is 12.1 Å². The second-order valence-electron chi connectivity index (χ2n) is 9.64. The Hall–Kier alpha value is -2.16. The van der Waals surface area contributed by atoms with E-state index in [9.17, 15) is 14.7 Å². The lowest BCUT2D eigenvalue weighted by Gasteiger charge is -2.30. The van der Waals surface area contributed by atoms with Gasteiger partial charge in [-0.05, 0) is 57.9 Å². The van der Waals surface area contributed by atoms with Crippen molar-refractivity contribution in [3.05, 3.63) is 35.9 Å². The molecule has 1 amide bonds. The van der Waals surface area contributed by atoms with Crippen molar-refractivity contribution in [3.63, 3.8) is 0 Å². The van der Waals surface area contributed by atoms with E-state index in [-0.39, 0.29) is 24.4 Å². The number of rotatable bonds is 13. The zero-order valence-corrected chi connectivity index (χ0v) is 21.9. The van der Waals surface area contributed by atoms with E-state index < -0.39 is 17.8 Å². The summed E-state index contributed by atoms with van der Waals surface area (Å²) in [5.41, 5.74) is 5.48. The quantitative estimate of drug-likeness (QED) is 0.320. The first-order valence-electron chi connectivity index (χ1n) is 11.8. The van der Waals surface area contributed by atoms with Gasteiger partial charge in [0.05, 0.1) is 32.3 Å². The van der Waals surface area contributed by atoms with Gasteiger partial charge in [0.25, 0.3) is 0 Å². The molecule has 0 spiro atoms. The number of hydrogen-bond acceptors (Lipinski definition) is 7. The number of carbonyl (C=O) groups excluding carboxylic acids is 2. The number of nitrogens with two attached hydrogens (primary N) is 1. The normalized spacial score (nSPS) is 13.9. The molecule has 8 nitrogen and oxygen atoms in total. The molecule has 1 aromatic carbocycles. The largest absolute Gasteiger partial charge is 0.469 e. The van der Waals surface area contributed by atoms with Crippen LogP contribution >= 0.6 is 0 Å². The number of esters is 1. The van der Waals surface area contributed by atoms with E-state index in [0.29, 0.717) is 25.7 Å². The van der Waals surface area contributed by atoms with Gasteiger partial charge in [-0.2, -0.15) is 0 Å². The highest BCUT2D eigenvalue weighted by Gasteiger charge is 2.27. The fourth-order valence-corrected chi connectivity index (χ4v) is 3.17. The number of aliphatic hydroxyl groups is 1. The van der Waals surface area contributed by atoms with Crippen molar-refractivity contribution in [2.75, 3.05) is 26.9 Å². The van der Waals surface area contributed by atoms with E-state index in [2.05, 4.69) is 35.5 Å². The first-order chi connectivity index (χ1) is 15.9. The summed E-state index contributed by atoms with van der Waals surface area (Å²) >= 11 is 0. The van der Waals surface area contributed by atoms with Crippen LogP contribution in [0.25, 0.3) is 0 Å². The summed E-state index contributed by atoms with van der Waals surface area (Å²) in [6.45, 7) is 12.7. The monoisotopic (exact) mass is 483 g/mol. The maximum absolute atomic E-state index is 11.1. The fourth-order valence-electron chi connectivity index (χ4n) is 3.17. The van der Waals surface area contributed by atoms with Gasteiger partial charge in [-0.25, -0.2) is 4.79 Å². The van der Waals surface area contributed by atoms with Gasteiger partial charge in [-0.1, -0.05) is 44.2 Å². The zero-order chi connectivity index (χ0) is 26.1. The van der Waals surface area contributed by atoms with Crippen molar-refractivity contribution in [2.24, 2.45) is 17.6 Å². The summed E-state index contributed by atoms with van der Waals surface area (Å²) < 4.78 is 20.8. The van der Waals surface area contributed by atoms with Crippen LogP contribution in [0.2, 0.25) is 0 Å². The third kappa shape index (κ3) is 17.3. The van der Waals surface area contributed by atoms with E-state index in [1.54, 1.807) is 27.7 Å². The van der Waals surface area contributed by atoms with Crippen LogP contribution in [-0.4, -0.2) is 61.9 Å². The Kier molecular flexibility index (Phi) is 16.2. The first kappa shape index (κ1) is 31.8. The number of amides is 1. The van der Waals surface area contributed by atoms with Gasteiger partial charge in [-0.3, -0.25) is 4.79 Å². The van der Waals surface area contributed by atoms with E-state index in [0.717, 1.165) is 12.8 Å². The Morgan fingerprint density at radius 3 is 2.12 bits per heavy atom. The van der Waals surface area contributed by atoms with Crippen LogP contribution in [0.5, 0.6) is 0 Å². The Balaban J connectivity index is 0.00000116. The summed E-state index contributed by atoms with van der Waals surface area (Å²) in [5, 5.41) is 10.3. The maximum Gasteiger partial charge on any atom is 0.405 e. The van der Waals surface area contributed by atoms with Crippen LogP contribution in [0.4, 0.5) is 4.79 Å². The molecule has 0 fully saturated rings.